The van der Waals surface area contributed by atoms with Crippen molar-refractivity contribution in [3.8, 4) is 0 Å². The van der Waals surface area contributed by atoms with Gasteiger partial charge in [-0.15, -0.1) is 12.4 Å². The van der Waals surface area contributed by atoms with Crippen molar-refractivity contribution < 1.29 is 4.79 Å². The predicted molar refractivity (Wildman–Crippen MR) is 106 cm³/mol. The number of hydrogen-bond donors (Lipinski definition) is 1. The lowest BCUT2D eigenvalue weighted by atomic mass is 9.98. The molecule has 6 heteroatoms. The Morgan fingerprint density at radius 2 is 2.20 bits per heavy atom. The van der Waals surface area contributed by atoms with E-state index in [0.29, 0.717) is 11.4 Å². The smallest absolute Gasteiger partial charge is 0.227 e. The number of nitrogens with zero attached hydrogens (tertiary/aromatic N) is 2. The van der Waals surface area contributed by atoms with Crippen LogP contribution >= 0.6 is 24.0 Å². The first-order valence-electron chi connectivity index (χ1n) is 9.09. The molecule has 0 spiro atoms. The van der Waals surface area contributed by atoms with Crippen LogP contribution in [0.5, 0.6) is 0 Å². The molecule has 2 aliphatic rings. The predicted octanol–water partition coefficient (Wildman–Crippen LogP) is 2.84. The Morgan fingerprint density at radius 1 is 1.36 bits per heavy atom. The average molecular weight is 386 g/mol. The maximum absolute atomic E-state index is 12.6. The second-order valence-corrected chi connectivity index (χ2v) is 7.65. The Balaban J connectivity index is 0.00000225. The van der Waals surface area contributed by atoms with Crippen molar-refractivity contribution >= 4 is 29.9 Å². The molecule has 2 saturated heterocycles. The molecule has 2 heterocycles. The second kappa shape index (κ2) is 9.77. The molecule has 2 fully saturated rings. The fraction of sp³-hybridized carbons (Fsp3) is 0.632. The van der Waals surface area contributed by atoms with Gasteiger partial charge >= 0.3 is 0 Å². The molecule has 0 aliphatic carbocycles. The van der Waals surface area contributed by atoms with E-state index >= 15 is 0 Å². The molecule has 2 atom stereocenters. The molecule has 2 aliphatic heterocycles. The number of carbonyl (C=O) groups is 1. The van der Waals surface area contributed by atoms with Gasteiger partial charge in [0.15, 0.2) is 0 Å². The van der Waals surface area contributed by atoms with E-state index in [4.69, 9.17) is 11.6 Å². The molecule has 3 rings (SSSR count). The van der Waals surface area contributed by atoms with Gasteiger partial charge in [-0.2, -0.15) is 0 Å². The number of hydrogen-bond acceptors (Lipinski definition) is 3. The first kappa shape index (κ1) is 20.5. The van der Waals surface area contributed by atoms with Gasteiger partial charge in [0.05, 0.1) is 6.42 Å². The van der Waals surface area contributed by atoms with E-state index in [2.05, 4.69) is 17.1 Å². The molecule has 1 aromatic carbocycles. The maximum atomic E-state index is 12.6. The van der Waals surface area contributed by atoms with E-state index < -0.39 is 0 Å². The zero-order chi connectivity index (χ0) is 16.9. The molecule has 1 N–H and O–H groups in total. The minimum atomic E-state index is 0. The van der Waals surface area contributed by atoms with Gasteiger partial charge in [-0.1, -0.05) is 23.7 Å². The van der Waals surface area contributed by atoms with E-state index in [1.807, 2.05) is 29.2 Å². The molecule has 0 bridgehead atoms. The van der Waals surface area contributed by atoms with Crippen molar-refractivity contribution in [1.29, 1.82) is 0 Å². The fourth-order valence-corrected chi connectivity index (χ4v) is 4.15. The summed E-state index contributed by atoms with van der Waals surface area (Å²) in [5, 5.41) is 4.19. The second-order valence-electron chi connectivity index (χ2n) is 7.21. The summed E-state index contributed by atoms with van der Waals surface area (Å²) >= 11 is 6.02. The molecule has 4 nitrogen and oxygen atoms in total. The van der Waals surface area contributed by atoms with Gasteiger partial charge in [0.25, 0.3) is 0 Å². The minimum absolute atomic E-state index is 0. The Hall–Kier alpha value is -0.810. The first-order chi connectivity index (χ1) is 11.6. The molecule has 1 aromatic rings. The van der Waals surface area contributed by atoms with Crippen LogP contribution in [0, 0.1) is 5.92 Å². The van der Waals surface area contributed by atoms with Crippen LogP contribution < -0.4 is 5.32 Å². The Bertz CT molecular complexity index is 563. The Morgan fingerprint density at radius 3 is 2.88 bits per heavy atom. The van der Waals surface area contributed by atoms with Crippen LogP contribution in [-0.2, 0) is 11.2 Å². The molecule has 0 saturated carbocycles. The summed E-state index contributed by atoms with van der Waals surface area (Å²) in [6.45, 7) is 8.44. The third kappa shape index (κ3) is 5.85. The third-order valence-electron chi connectivity index (χ3n) is 5.19. The monoisotopic (exact) mass is 385 g/mol. The van der Waals surface area contributed by atoms with Gasteiger partial charge in [-0.3, -0.25) is 9.69 Å². The van der Waals surface area contributed by atoms with Crippen molar-refractivity contribution in [1.82, 2.24) is 15.1 Å². The van der Waals surface area contributed by atoms with Crippen LogP contribution in [0.15, 0.2) is 24.3 Å². The number of benzene rings is 1. The highest BCUT2D eigenvalue weighted by Gasteiger charge is 2.28. The number of piperidine rings is 1. The number of carbonyl (C=O) groups excluding carboxylic acids is 1. The topological polar surface area (TPSA) is 35.6 Å². The van der Waals surface area contributed by atoms with E-state index in [-0.39, 0.29) is 24.4 Å². The van der Waals surface area contributed by atoms with Crippen molar-refractivity contribution in [2.75, 3.05) is 39.3 Å². The number of halogens is 2. The van der Waals surface area contributed by atoms with Crippen LogP contribution in [0.3, 0.4) is 0 Å². The fourth-order valence-electron chi connectivity index (χ4n) is 3.94. The number of amides is 1. The van der Waals surface area contributed by atoms with Crippen LogP contribution in [-0.4, -0.2) is 61.0 Å². The maximum Gasteiger partial charge on any atom is 0.227 e. The highest BCUT2D eigenvalue weighted by molar-refractivity contribution is 6.30. The summed E-state index contributed by atoms with van der Waals surface area (Å²) in [4.78, 5) is 17.2. The van der Waals surface area contributed by atoms with Gasteiger partial charge in [0, 0.05) is 37.2 Å². The molecule has 0 radical (unpaired) electrons. The van der Waals surface area contributed by atoms with Crippen LogP contribution in [0.1, 0.15) is 25.3 Å². The SMILES string of the molecule is CC1CN(CC2CCCNC2)CCN1C(=O)Cc1cccc(Cl)c1.Cl. The molecule has 1 amide bonds. The average Bonchev–Trinajstić information content (AvgIpc) is 2.56. The van der Waals surface area contributed by atoms with Gasteiger partial charge in [-0.25, -0.2) is 0 Å². The quantitative estimate of drug-likeness (QED) is 0.865. The summed E-state index contributed by atoms with van der Waals surface area (Å²) in [6.07, 6.45) is 3.06. The summed E-state index contributed by atoms with van der Waals surface area (Å²) in [5.41, 5.74) is 0.996. The highest BCUT2D eigenvalue weighted by atomic mass is 35.5. The third-order valence-corrected chi connectivity index (χ3v) is 5.43. The lowest BCUT2D eigenvalue weighted by Gasteiger charge is -2.41. The summed E-state index contributed by atoms with van der Waals surface area (Å²) < 4.78 is 0. The molecular weight excluding hydrogens is 357 g/mol. The summed E-state index contributed by atoms with van der Waals surface area (Å²) in [5.74, 6) is 0.975. The zero-order valence-corrected chi connectivity index (χ0v) is 16.5. The molecular formula is C19H29Cl2N3O. The summed E-state index contributed by atoms with van der Waals surface area (Å²) in [7, 11) is 0. The molecule has 0 aromatic heterocycles. The van der Waals surface area contributed by atoms with Gasteiger partial charge in [0.2, 0.25) is 5.91 Å². The van der Waals surface area contributed by atoms with Crippen molar-refractivity contribution in [3.63, 3.8) is 0 Å². The van der Waals surface area contributed by atoms with Crippen molar-refractivity contribution in [2.24, 2.45) is 5.92 Å². The highest BCUT2D eigenvalue weighted by Crippen LogP contribution is 2.18. The lowest BCUT2D eigenvalue weighted by molar-refractivity contribution is -0.135. The Labute approximate surface area is 162 Å². The first-order valence-corrected chi connectivity index (χ1v) is 9.46. The van der Waals surface area contributed by atoms with Crippen molar-refractivity contribution in [2.45, 2.75) is 32.2 Å². The standard InChI is InChI=1S/C19H28ClN3O.ClH/c1-15-13-22(14-17-5-3-7-21-12-17)8-9-23(15)19(24)11-16-4-2-6-18(20)10-16;/h2,4,6,10,15,17,21H,3,5,7-9,11-14H2,1H3;1H. The largest absolute Gasteiger partial charge is 0.337 e. The van der Waals surface area contributed by atoms with E-state index in [9.17, 15) is 4.79 Å². The van der Waals surface area contributed by atoms with Crippen molar-refractivity contribution in [3.05, 3.63) is 34.9 Å². The van der Waals surface area contributed by atoms with Gasteiger partial charge in [0.1, 0.15) is 0 Å². The van der Waals surface area contributed by atoms with E-state index in [0.717, 1.165) is 44.2 Å². The van der Waals surface area contributed by atoms with Crippen LogP contribution in [0.25, 0.3) is 0 Å². The van der Waals surface area contributed by atoms with E-state index in [1.165, 1.54) is 19.4 Å². The zero-order valence-electron chi connectivity index (χ0n) is 14.9. The number of rotatable bonds is 4. The van der Waals surface area contributed by atoms with Gasteiger partial charge < -0.3 is 10.2 Å². The van der Waals surface area contributed by atoms with Crippen LogP contribution in [0.4, 0.5) is 0 Å². The normalized spacial score (nSPS) is 24.6. The summed E-state index contributed by atoms with van der Waals surface area (Å²) in [6, 6.07) is 7.89. The number of nitrogens with one attached hydrogen (secondary N) is 1. The molecule has 25 heavy (non-hydrogen) atoms. The Kier molecular flexibility index (Phi) is 8.01. The molecule has 2 unspecified atom stereocenters. The van der Waals surface area contributed by atoms with E-state index in [1.54, 1.807) is 0 Å². The molecule has 140 valence electrons. The van der Waals surface area contributed by atoms with Gasteiger partial charge in [-0.05, 0) is 56.5 Å². The van der Waals surface area contributed by atoms with Crippen LogP contribution in [0.2, 0.25) is 5.02 Å². The lowest BCUT2D eigenvalue weighted by Crippen LogP contribution is -2.55. The minimum Gasteiger partial charge on any atom is -0.337 e. The number of piperazine rings is 1.